The molecule has 1 rings (SSSR count). The van der Waals surface area contributed by atoms with Crippen LogP contribution in [0.4, 0.5) is 0 Å². The summed E-state index contributed by atoms with van der Waals surface area (Å²) in [7, 11) is 0. The molecule has 0 aromatic carbocycles. The van der Waals surface area contributed by atoms with Gasteiger partial charge in [0, 0.05) is 18.9 Å². The standard InChI is InChI=1S/C11H13IO3/c1-8(12)3-4-11(15-9(2)13)10-5-6-14-7-10/h3,5-7,11H,4H2,1-2H3/b8-3+. The quantitative estimate of drug-likeness (QED) is 0.628. The predicted octanol–water partition coefficient (Wildman–Crippen LogP) is 3.61. The van der Waals surface area contributed by atoms with Gasteiger partial charge >= 0.3 is 5.97 Å². The Bertz CT molecular complexity index is 337. The van der Waals surface area contributed by atoms with Gasteiger partial charge in [-0.1, -0.05) is 6.08 Å². The fourth-order valence-electron chi connectivity index (χ4n) is 1.18. The molecule has 4 heteroatoms. The number of ether oxygens (including phenoxy) is 1. The molecule has 0 spiro atoms. The smallest absolute Gasteiger partial charge is 0.303 e. The molecule has 0 fully saturated rings. The topological polar surface area (TPSA) is 39.4 Å². The molecule has 1 atom stereocenters. The van der Waals surface area contributed by atoms with E-state index >= 15 is 0 Å². The van der Waals surface area contributed by atoms with Gasteiger partial charge in [0.25, 0.3) is 0 Å². The van der Waals surface area contributed by atoms with Crippen molar-refractivity contribution in [1.29, 1.82) is 0 Å². The van der Waals surface area contributed by atoms with E-state index in [1.807, 2.05) is 19.1 Å². The second-order valence-corrected chi connectivity index (χ2v) is 4.88. The zero-order valence-corrected chi connectivity index (χ0v) is 10.9. The van der Waals surface area contributed by atoms with Gasteiger partial charge in [-0.25, -0.2) is 0 Å². The van der Waals surface area contributed by atoms with Crippen LogP contribution < -0.4 is 0 Å². The van der Waals surface area contributed by atoms with E-state index in [1.165, 1.54) is 10.5 Å². The summed E-state index contributed by atoms with van der Waals surface area (Å²) in [5.41, 5.74) is 0.888. The normalized spacial score (nSPS) is 13.7. The molecule has 1 aromatic rings. The minimum Gasteiger partial charge on any atom is -0.472 e. The van der Waals surface area contributed by atoms with Gasteiger partial charge in [-0.05, 0) is 39.2 Å². The Morgan fingerprint density at radius 1 is 1.67 bits per heavy atom. The molecule has 0 saturated heterocycles. The molecule has 1 unspecified atom stereocenters. The van der Waals surface area contributed by atoms with E-state index in [-0.39, 0.29) is 12.1 Å². The first kappa shape index (κ1) is 12.3. The second-order valence-electron chi connectivity index (χ2n) is 3.18. The van der Waals surface area contributed by atoms with Crippen molar-refractivity contribution in [1.82, 2.24) is 0 Å². The van der Waals surface area contributed by atoms with Crippen LogP contribution in [0.1, 0.15) is 31.9 Å². The summed E-state index contributed by atoms with van der Waals surface area (Å²) >= 11 is 2.22. The van der Waals surface area contributed by atoms with Crippen molar-refractivity contribution in [3.63, 3.8) is 0 Å². The largest absolute Gasteiger partial charge is 0.472 e. The minimum absolute atomic E-state index is 0.244. The molecule has 82 valence electrons. The highest BCUT2D eigenvalue weighted by atomic mass is 127. The third-order valence-corrected chi connectivity index (χ3v) is 2.28. The average Bonchev–Trinajstić information content (AvgIpc) is 2.63. The van der Waals surface area contributed by atoms with E-state index in [9.17, 15) is 4.79 Å². The Kier molecular flexibility index (Phi) is 4.87. The van der Waals surface area contributed by atoms with Crippen molar-refractivity contribution >= 4 is 28.6 Å². The molecule has 1 aromatic heterocycles. The van der Waals surface area contributed by atoms with E-state index in [0.717, 1.165) is 5.56 Å². The highest BCUT2D eigenvalue weighted by Gasteiger charge is 2.14. The average molecular weight is 320 g/mol. The first-order valence-electron chi connectivity index (χ1n) is 4.61. The van der Waals surface area contributed by atoms with E-state index in [0.29, 0.717) is 6.42 Å². The zero-order valence-electron chi connectivity index (χ0n) is 8.70. The number of carbonyl (C=O) groups is 1. The van der Waals surface area contributed by atoms with Gasteiger partial charge in [0.05, 0.1) is 12.5 Å². The summed E-state index contributed by atoms with van der Waals surface area (Å²) in [4.78, 5) is 10.9. The Morgan fingerprint density at radius 2 is 2.40 bits per heavy atom. The third-order valence-electron chi connectivity index (χ3n) is 1.84. The highest BCUT2D eigenvalue weighted by molar-refractivity contribution is 14.1. The first-order valence-corrected chi connectivity index (χ1v) is 5.69. The number of furan rings is 1. The number of hydrogen-bond donors (Lipinski definition) is 0. The van der Waals surface area contributed by atoms with Gasteiger partial charge in [0.1, 0.15) is 6.10 Å². The van der Waals surface area contributed by atoms with Crippen molar-refractivity contribution in [2.24, 2.45) is 0 Å². The predicted molar refractivity (Wildman–Crippen MR) is 65.6 cm³/mol. The lowest BCUT2D eigenvalue weighted by Crippen LogP contribution is -2.06. The van der Waals surface area contributed by atoms with Gasteiger partial charge in [-0.3, -0.25) is 4.79 Å². The summed E-state index contributed by atoms with van der Waals surface area (Å²) in [6, 6.07) is 1.81. The maximum atomic E-state index is 10.9. The number of esters is 1. The molecular formula is C11H13IO3. The maximum Gasteiger partial charge on any atom is 0.303 e. The molecule has 0 aliphatic rings. The fourth-order valence-corrected chi connectivity index (χ4v) is 1.43. The van der Waals surface area contributed by atoms with Gasteiger partial charge in [0.2, 0.25) is 0 Å². The van der Waals surface area contributed by atoms with Crippen LogP contribution in [0, 0.1) is 0 Å². The lowest BCUT2D eigenvalue weighted by atomic mass is 10.1. The molecule has 0 radical (unpaired) electrons. The highest BCUT2D eigenvalue weighted by Crippen LogP contribution is 2.23. The van der Waals surface area contributed by atoms with E-state index in [4.69, 9.17) is 9.15 Å². The SMILES string of the molecule is CC(=O)OC(C/C=C(\C)I)c1ccoc1. The van der Waals surface area contributed by atoms with Gasteiger partial charge in [-0.2, -0.15) is 0 Å². The molecule has 0 N–H and O–H groups in total. The minimum atomic E-state index is -0.277. The van der Waals surface area contributed by atoms with Crippen molar-refractivity contribution < 1.29 is 13.9 Å². The van der Waals surface area contributed by atoms with Crippen LogP contribution in [0.2, 0.25) is 0 Å². The molecule has 1 heterocycles. The monoisotopic (exact) mass is 320 g/mol. The summed E-state index contributed by atoms with van der Waals surface area (Å²) in [5.74, 6) is -0.277. The van der Waals surface area contributed by atoms with Gasteiger partial charge < -0.3 is 9.15 Å². The number of allylic oxidation sites excluding steroid dienone is 1. The van der Waals surface area contributed by atoms with E-state index < -0.39 is 0 Å². The van der Waals surface area contributed by atoms with Crippen molar-refractivity contribution in [2.75, 3.05) is 0 Å². The van der Waals surface area contributed by atoms with Crippen LogP contribution in [0.5, 0.6) is 0 Å². The van der Waals surface area contributed by atoms with Crippen LogP contribution in [-0.4, -0.2) is 5.97 Å². The second kappa shape index (κ2) is 5.95. The lowest BCUT2D eigenvalue weighted by Gasteiger charge is -2.13. The Labute approximate surface area is 103 Å². The molecular weight excluding hydrogens is 307 g/mol. The number of halogens is 1. The van der Waals surface area contributed by atoms with Crippen LogP contribution in [-0.2, 0) is 9.53 Å². The first-order chi connectivity index (χ1) is 7.09. The fraction of sp³-hybridized carbons (Fsp3) is 0.364. The maximum absolute atomic E-state index is 10.9. The van der Waals surface area contributed by atoms with Crippen LogP contribution in [0.15, 0.2) is 32.7 Å². The molecule has 0 aliphatic heterocycles. The van der Waals surface area contributed by atoms with Crippen molar-refractivity contribution in [3.8, 4) is 0 Å². The summed E-state index contributed by atoms with van der Waals surface area (Å²) < 4.78 is 11.3. The Balaban J connectivity index is 2.70. The van der Waals surface area contributed by atoms with Crippen LogP contribution in [0.3, 0.4) is 0 Å². The molecule has 3 nitrogen and oxygen atoms in total. The number of carbonyl (C=O) groups excluding carboxylic acids is 1. The zero-order chi connectivity index (χ0) is 11.3. The van der Waals surface area contributed by atoms with E-state index in [1.54, 1.807) is 12.5 Å². The molecule has 0 aliphatic carbocycles. The molecule has 15 heavy (non-hydrogen) atoms. The Hall–Kier alpha value is -0.780. The van der Waals surface area contributed by atoms with Crippen LogP contribution in [0.25, 0.3) is 0 Å². The summed E-state index contributed by atoms with van der Waals surface area (Å²) in [6.45, 7) is 3.41. The Morgan fingerprint density at radius 3 is 2.87 bits per heavy atom. The lowest BCUT2D eigenvalue weighted by molar-refractivity contribution is -0.146. The molecule has 0 bridgehead atoms. The third kappa shape index (κ3) is 4.51. The van der Waals surface area contributed by atoms with Crippen molar-refractivity contribution in [2.45, 2.75) is 26.4 Å². The number of hydrogen-bond acceptors (Lipinski definition) is 3. The van der Waals surface area contributed by atoms with Crippen LogP contribution >= 0.6 is 22.6 Å². The molecule has 0 amide bonds. The van der Waals surface area contributed by atoms with Gasteiger partial charge in [-0.15, -0.1) is 0 Å². The van der Waals surface area contributed by atoms with Crippen molar-refractivity contribution in [3.05, 3.63) is 33.8 Å². The summed E-state index contributed by atoms with van der Waals surface area (Å²) in [5, 5.41) is 0. The molecule has 0 saturated carbocycles. The van der Waals surface area contributed by atoms with E-state index in [2.05, 4.69) is 22.6 Å². The summed E-state index contributed by atoms with van der Waals surface area (Å²) in [6.07, 6.45) is 5.64. The van der Waals surface area contributed by atoms with Gasteiger partial charge in [0.15, 0.2) is 0 Å². The number of rotatable bonds is 4.